The van der Waals surface area contributed by atoms with Crippen molar-refractivity contribution in [3.63, 3.8) is 0 Å². The molecule has 0 bridgehead atoms. The van der Waals surface area contributed by atoms with Crippen LogP contribution in [0, 0.1) is 5.92 Å². The van der Waals surface area contributed by atoms with Crippen molar-refractivity contribution in [1.29, 1.82) is 0 Å². The molecular formula is C16H25N. The van der Waals surface area contributed by atoms with Gasteiger partial charge in [-0.2, -0.15) is 0 Å². The number of benzene rings is 1. The number of unbranched alkanes of at least 4 members (excludes halogenated alkanes) is 2. The van der Waals surface area contributed by atoms with Crippen LogP contribution >= 0.6 is 0 Å². The van der Waals surface area contributed by atoms with E-state index in [1.165, 1.54) is 49.8 Å². The number of hydrogen-bond donors (Lipinski definition) is 1. The number of hydrogen-bond acceptors (Lipinski definition) is 1. The molecule has 0 radical (unpaired) electrons. The summed E-state index contributed by atoms with van der Waals surface area (Å²) in [5.41, 5.74) is 2.77. The smallest absolute Gasteiger partial charge is 0.0342 e. The quantitative estimate of drug-likeness (QED) is 0.704. The fourth-order valence-electron chi connectivity index (χ4n) is 2.60. The molecule has 2 rings (SSSR count). The second-order valence-electron chi connectivity index (χ2n) is 5.57. The zero-order valence-corrected chi connectivity index (χ0v) is 11.2. The number of aryl methyl sites for hydroxylation is 1. The molecule has 1 saturated carbocycles. The Morgan fingerprint density at radius 2 is 1.82 bits per heavy atom. The van der Waals surface area contributed by atoms with E-state index in [9.17, 15) is 0 Å². The van der Waals surface area contributed by atoms with E-state index in [0.29, 0.717) is 0 Å². The molecule has 1 aliphatic carbocycles. The molecule has 1 aromatic rings. The molecule has 1 heteroatoms. The summed E-state index contributed by atoms with van der Waals surface area (Å²) in [6.45, 7) is 4.58. The van der Waals surface area contributed by atoms with Crippen molar-refractivity contribution < 1.29 is 0 Å². The predicted octanol–water partition coefficient (Wildman–Crippen LogP) is 4.63. The molecule has 1 N–H and O–H groups in total. The number of rotatable bonds is 6. The summed E-state index contributed by atoms with van der Waals surface area (Å²) in [6, 6.07) is 9.75. The average Bonchev–Trinajstić information content (AvgIpc) is 2.30. The maximum atomic E-state index is 3.60. The maximum absolute atomic E-state index is 3.60. The minimum absolute atomic E-state index is 0.718. The van der Waals surface area contributed by atoms with Crippen LogP contribution in [0.3, 0.4) is 0 Å². The van der Waals surface area contributed by atoms with Gasteiger partial charge in [0.15, 0.2) is 0 Å². The molecule has 0 unspecified atom stereocenters. The average molecular weight is 231 g/mol. The monoisotopic (exact) mass is 231 g/mol. The van der Waals surface area contributed by atoms with E-state index in [-0.39, 0.29) is 0 Å². The summed E-state index contributed by atoms with van der Waals surface area (Å²) in [5, 5.41) is 3.60. The lowest BCUT2D eigenvalue weighted by molar-refractivity contribution is 0.309. The van der Waals surface area contributed by atoms with Crippen LogP contribution in [0.5, 0.6) is 0 Å². The van der Waals surface area contributed by atoms with Crippen LogP contribution in [-0.2, 0) is 6.42 Å². The van der Waals surface area contributed by atoms with E-state index in [1.807, 2.05) is 0 Å². The maximum Gasteiger partial charge on any atom is 0.0342 e. The SMILES string of the molecule is CCCCCc1ccc(NC2CC(C)C2)cc1. The molecule has 94 valence electrons. The van der Waals surface area contributed by atoms with Gasteiger partial charge in [0.05, 0.1) is 0 Å². The molecular weight excluding hydrogens is 206 g/mol. The summed E-state index contributed by atoms with van der Waals surface area (Å²) >= 11 is 0. The first-order valence-electron chi connectivity index (χ1n) is 7.13. The van der Waals surface area contributed by atoms with Gasteiger partial charge in [-0.1, -0.05) is 38.8 Å². The van der Waals surface area contributed by atoms with Gasteiger partial charge in [0, 0.05) is 11.7 Å². The summed E-state index contributed by atoms with van der Waals surface area (Å²) in [5.74, 6) is 0.917. The highest BCUT2D eigenvalue weighted by atomic mass is 14.9. The van der Waals surface area contributed by atoms with Gasteiger partial charge in [-0.3, -0.25) is 0 Å². The van der Waals surface area contributed by atoms with Crippen molar-refractivity contribution in [3.05, 3.63) is 29.8 Å². The highest BCUT2D eigenvalue weighted by Crippen LogP contribution is 2.29. The van der Waals surface area contributed by atoms with Crippen LogP contribution in [0.25, 0.3) is 0 Å². The zero-order valence-electron chi connectivity index (χ0n) is 11.2. The first-order valence-corrected chi connectivity index (χ1v) is 7.13. The minimum atomic E-state index is 0.718. The summed E-state index contributed by atoms with van der Waals surface area (Å²) < 4.78 is 0. The summed E-state index contributed by atoms with van der Waals surface area (Å²) in [7, 11) is 0. The van der Waals surface area contributed by atoms with Crippen molar-refractivity contribution in [2.24, 2.45) is 5.92 Å². The zero-order chi connectivity index (χ0) is 12.1. The lowest BCUT2D eigenvalue weighted by Gasteiger charge is -2.34. The van der Waals surface area contributed by atoms with Crippen LogP contribution in [0.4, 0.5) is 5.69 Å². The Kier molecular flexibility index (Phi) is 4.47. The van der Waals surface area contributed by atoms with Crippen LogP contribution < -0.4 is 5.32 Å². The van der Waals surface area contributed by atoms with Gasteiger partial charge < -0.3 is 5.32 Å². The minimum Gasteiger partial charge on any atom is -0.382 e. The van der Waals surface area contributed by atoms with E-state index < -0.39 is 0 Å². The standard InChI is InChI=1S/C16H25N/c1-3-4-5-6-14-7-9-15(10-8-14)17-16-11-13(2)12-16/h7-10,13,16-17H,3-6,11-12H2,1-2H3. The molecule has 0 heterocycles. The third-order valence-electron chi connectivity index (χ3n) is 3.77. The molecule has 0 aliphatic heterocycles. The lowest BCUT2D eigenvalue weighted by Crippen LogP contribution is -2.33. The predicted molar refractivity (Wildman–Crippen MR) is 75.5 cm³/mol. The van der Waals surface area contributed by atoms with Crippen LogP contribution in [0.2, 0.25) is 0 Å². The fraction of sp³-hybridized carbons (Fsp3) is 0.625. The van der Waals surface area contributed by atoms with Gasteiger partial charge in [0.1, 0.15) is 0 Å². The Bertz CT molecular complexity index is 322. The molecule has 1 fully saturated rings. The van der Waals surface area contributed by atoms with Crippen molar-refractivity contribution in [2.45, 2.75) is 58.4 Å². The topological polar surface area (TPSA) is 12.0 Å². The molecule has 0 aromatic heterocycles. The molecule has 0 saturated heterocycles. The normalized spacial score (nSPS) is 23.2. The molecule has 1 aromatic carbocycles. The van der Waals surface area contributed by atoms with Crippen molar-refractivity contribution in [3.8, 4) is 0 Å². The van der Waals surface area contributed by atoms with Gasteiger partial charge in [-0.15, -0.1) is 0 Å². The van der Waals surface area contributed by atoms with Crippen LogP contribution in [0.1, 0.15) is 51.5 Å². The van der Waals surface area contributed by atoms with Gasteiger partial charge in [0.25, 0.3) is 0 Å². The van der Waals surface area contributed by atoms with E-state index in [4.69, 9.17) is 0 Å². The van der Waals surface area contributed by atoms with Gasteiger partial charge in [-0.05, 0) is 49.3 Å². The van der Waals surface area contributed by atoms with Crippen molar-refractivity contribution in [1.82, 2.24) is 0 Å². The number of anilines is 1. The third-order valence-corrected chi connectivity index (χ3v) is 3.77. The molecule has 1 aliphatic rings. The Labute approximate surface area is 106 Å². The van der Waals surface area contributed by atoms with Crippen molar-refractivity contribution in [2.75, 3.05) is 5.32 Å². The molecule has 0 spiro atoms. The first-order chi connectivity index (χ1) is 8.28. The lowest BCUT2D eigenvalue weighted by atomic mass is 9.82. The fourth-order valence-corrected chi connectivity index (χ4v) is 2.60. The Morgan fingerprint density at radius 1 is 1.12 bits per heavy atom. The molecule has 17 heavy (non-hydrogen) atoms. The molecule has 0 atom stereocenters. The third kappa shape index (κ3) is 3.76. The van der Waals surface area contributed by atoms with Crippen LogP contribution in [0.15, 0.2) is 24.3 Å². The first kappa shape index (κ1) is 12.5. The molecule has 0 amide bonds. The van der Waals surface area contributed by atoms with E-state index in [2.05, 4.69) is 43.4 Å². The highest BCUT2D eigenvalue weighted by molar-refractivity contribution is 5.45. The summed E-state index contributed by atoms with van der Waals surface area (Å²) in [6.07, 6.45) is 7.87. The van der Waals surface area contributed by atoms with E-state index in [0.717, 1.165) is 12.0 Å². The van der Waals surface area contributed by atoms with Crippen LogP contribution in [-0.4, -0.2) is 6.04 Å². The summed E-state index contributed by atoms with van der Waals surface area (Å²) in [4.78, 5) is 0. The Balaban J connectivity index is 1.77. The highest BCUT2D eigenvalue weighted by Gasteiger charge is 2.24. The van der Waals surface area contributed by atoms with E-state index >= 15 is 0 Å². The Morgan fingerprint density at radius 3 is 2.41 bits per heavy atom. The second kappa shape index (κ2) is 6.09. The van der Waals surface area contributed by atoms with Gasteiger partial charge in [0.2, 0.25) is 0 Å². The largest absolute Gasteiger partial charge is 0.382 e. The molecule has 1 nitrogen and oxygen atoms in total. The van der Waals surface area contributed by atoms with Gasteiger partial charge in [-0.25, -0.2) is 0 Å². The second-order valence-corrected chi connectivity index (χ2v) is 5.57. The van der Waals surface area contributed by atoms with Gasteiger partial charge >= 0.3 is 0 Å². The number of nitrogens with one attached hydrogen (secondary N) is 1. The Hall–Kier alpha value is -0.980. The van der Waals surface area contributed by atoms with Crippen molar-refractivity contribution >= 4 is 5.69 Å². The van der Waals surface area contributed by atoms with E-state index in [1.54, 1.807) is 0 Å².